The van der Waals surface area contributed by atoms with E-state index < -0.39 is 6.04 Å². The fraction of sp³-hybridized carbons (Fsp3) is 0.550. The number of halogens is 1. The second kappa shape index (κ2) is 10.0. The highest BCUT2D eigenvalue weighted by atomic mass is 35.5. The fourth-order valence-corrected chi connectivity index (χ4v) is 3.81. The third-order valence-corrected chi connectivity index (χ3v) is 5.68. The van der Waals surface area contributed by atoms with Crippen LogP contribution >= 0.6 is 11.6 Å². The van der Waals surface area contributed by atoms with Crippen molar-refractivity contribution in [2.24, 2.45) is 0 Å². The van der Waals surface area contributed by atoms with E-state index in [2.05, 4.69) is 27.4 Å². The number of nitrogens with zero attached hydrogens (tertiary/aromatic N) is 3. The third kappa shape index (κ3) is 5.91. The van der Waals surface area contributed by atoms with Crippen molar-refractivity contribution in [3.8, 4) is 0 Å². The molecule has 1 atom stereocenters. The molecule has 2 aliphatic rings. The Morgan fingerprint density at radius 2 is 1.76 bits per heavy atom. The molecule has 2 aliphatic heterocycles. The van der Waals surface area contributed by atoms with Crippen molar-refractivity contribution in [3.63, 3.8) is 0 Å². The Balaban J connectivity index is 1.58. The summed E-state index contributed by atoms with van der Waals surface area (Å²) in [5, 5.41) is 6.09. The Kier molecular flexibility index (Phi) is 7.46. The van der Waals surface area contributed by atoms with Gasteiger partial charge in [-0.1, -0.05) is 18.5 Å². The smallest absolute Gasteiger partial charge is 0.243 e. The number of carbonyl (C=O) groups excluding carboxylic acids is 3. The number of carbonyl (C=O) groups is 3. The zero-order chi connectivity index (χ0) is 20.8. The van der Waals surface area contributed by atoms with E-state index in [1.807, 2.05) is 0 Å². The van der Waals surface area contributed by atoms with Gasteiger partial charge in [-0.05, 0) is 30.8 Å². The van der Waals surface area contributed by atoms with E-state index in [9.17, 15) is 14.4 Å². The summed E-state index contributed by atoms with van der Waals surface area (Å²) in [6.07, 6.45) is -0.0796. The van der Waals surface area contributed by atoms with Crippen molar-refractivity contribution < 1.29 is 14.4 Å². The van der Waals surface area contributed by atoms with Gasteiger partial charge in [-0.2, -0.15) is 0 Å². The first-order valence-electron chi connectivity index (χ1n) is 10.0. The second-order valence-corrected chi connectivity index (χ2v) is 7.80. The predicted octanol–water partition coefficient (Wildman–Crippen LogP) is 0.633. The lowest BCUT2D eigenvalue weighted by Crippen LogP contribution is -2.60. The zero-order valence-electron chi connectivity index (χ0n) is 16.7. The molecule has 0 spiro atoms. The maximum Gasteiger partial charge on any atom is 0.243 e. The molecule has 2 N–H and O–H groups in total. The number of nitrogens with one attached hydrogen (secondary N) is 2. The number of benzene rings is 1. The maximum absolute atomic E-state index is 12.9. The van der Waals surface area contributed by atoms with Gasteiger partial charge in [0, 0.05) is 50.0 Å². The lowest BCUT2D eigenvalue weighted by molar-refractivity contribution is -0.145. The van der Waals surface area contributed by atoms with Crippen molar-refractivity contribution in [1.82, 2.24) is 20.0 Å². The Morgan fingerprint density at radius 3 is 2.41 bits per heavy atom. The molecule has 2 saturated heterocycles. The molecule has 29 heavy (non-hydrogen) atoms. The topological polar surface area (TPSA) is 85.0 Å². The summed E-state index contributed by atoms with van der Waals surface area (Å²) in [5.41, 5.74) is 0.599. The molecule has 3 rings (SSSR count). The Hall–Kier alpha value is -2.16. The van der Waals surface area contributed by atoms with Gasteiger partial charge in [-0.15, -0.1) is 0 Å². The number of piperazine rings is 2. The van der Waals surface area contributed by atoms with Crippen molar-refractivity contribution in [1.29, 1.82) is 0 Å². The molecule has 0 aliphatic carbocycles. The third-order valence-electron chi connectivity index (χ3n) is 5.43. The average Bonchev–Trinajstić information content (AvgIpc) is 2.71. The second-order valence-electron chi connectivity index (χ2n) is 7.36. The van der Waals surface area contributed by atoms with Gasteiger partial charge in [0.05, 0.1) is 13.0 Å². The van der Waals surface area contributed by atoms with Gasteiger partial charge in [-0.3, -0.25) is 19.3 Å². The Labute approximate surface area is 176 Å². The highest BCUT2D eigenvalue weighted by molar-refractivity contribution is 6.30. The van der Waals surface area contributed by atoms with Crippen LogP contribution in [0.5, 0.6) is 0 Å². The molecule has 3 amide bonds. The molecular weight excluding hydrogens is 394 g/mol. The monoisotopic (exact) mass is 421 g/mol. The van der Waals surface area contributed by atoms with Gasteiger partial charge in [0.1, 0.15) is 6.04 Å². The summed E-state index contributed by atoms with van der Waals surface area (Å²) in [7, 11) is 0. The molecule has 2 fully saturated rings. The highest BCUT2D eigenvalue weighted by Gasteiger charge is 2.35. The molecule has 1 aromatic carbocycles. The number of hydrogen-bond donors (Lipinski definition) is 2. The zero-order valence-corrected chi connectivity index (χ0v) is 17.5. The van der Waals surface area contributed by atoms with E-state index in [0.29, 0.717) is 23.8 Å². The standard InChI is InChI=1S/C20H28ClN5O3/c1-2-24-9-11-25(12-10-24)14-19(28)26-8-7-22-20(29)17(26)13-18(27)23-16-5-3-15(21)4-6-16/h3-6,17H,2,7-14H2,1H3,(H,22,29)(H,23,27)/t17-/m0/s1. The van der Waals surface area contributed by atoms with Crippen LogP contribution in [0.4, 0.5) is 5.69 Å². The average molecular weight is 422 g/mol. The van der Waals surface area contributed by atoms with Crippen molar-refractivity contribution in [2.75, 3.05) is 57.7 Å². The van der Waals surface area contributed by atoms with E-state index >= 15 is 0 Å². The summed E-state index contributed by atoms with van der Waals surface area (Å²) in [4.78, 5) is 43.8. The van der Waals surface area contributed by atoms with Crippen LogP contribution in [0.25, 0.3) is 0 Å². The van der Waals surface area contributed by atoms with Crippen molar-refractivity contribution >= 4 is 35.0 Å². The highest BCUT2D eigenvalue weighted by Crippen LogP contribution is 2.16. The molecular formula is C20H28ClN5O3. The molecule has 0 unspecified atom stereocenters. The van der Waals surface area contributed by atoms with Gasteiger partial charge in [0.2, 0.25) is 17.7 Å². The molecule has 2 heterocycles. The summed E-state index contributed by atoms with van der Waals surface area (Å²) in [6.45, 7) is 7.80. The first kappa shape index (κ1) is 21.5. The summed E-state index contributed by atoms with van der Waals surface area (Å²) >= 11 is 5.86. The molecule has 8 nitrogen and oxygen atoms in total. The normalized spacial score (nSPS) is 21.0. The molecule has 0 aromatic heterocycles. The van der Waals surface area contributed by atoms with Gasteiger partial charge in [-0.25, -0.2) is 0 Å². The minimum atomic E-state index is -0.791. The van der Waals surface area contributed by atoms with Gasteiger partial charge in [0.25, 0.3) is 0 Å². The lowest BCUT2D eigenvalue weighted by Gasteiger charge is -2.38. The first-order chi connectivity index (χ1) is 14.0. The number of hydrogen-bond acceptors (Lipinski definition) is 5. The number of amides is 3. The van der Waals surface area contributed by atoms with Gasteiger partial charge < -0.3 is 20.4 Å². The van der Waals surface area contributed by atoms with Gasteiger partial charge >= 0.3 is 0 Å². The maximum atomic E-state index is 12.9. The van der Waals surface area contributed by atoms with Crippen LogP contribution in [0, 0.1) is 0 Å². The van der Waals surface area contributed by atoms with Crippen LogP contribution in [0.1, 0.15) is 13.3 Å². The summed E-state index contributed by atoms with van der Waals surface area (Å²) in [5.74, 6) is -0.704. The quantitative estimate of drug-likeness (QED) is 0.704. The molecule has 9 heteroatoms. The van der Waals surface area contributed by atoms with Crippen LogP contribution in [0.15, 0.2) is 24.3 Å². The Bertz CT molecular complexity index is 734. The van der Waals surface area contributed by atoms with Gasteiger partial charge in [0.15, 0.2) is 0 Å². The lowest BCUT2D eigenvalue weighted by atomic mass is 10.1. The summed E-state index contributed by atoms with van der Waals surface area (Å²) < 4.78 is 0. The fourth-order valence-electron chi connectivity index (χ4n) is 3.68. The Morgan fingerprint density at radius 1 is 1.10 bits per heavy atom. The van der Waals surface area contributed by atoms with Crippen LogP contribution in [0.2, 0.25) is 5.02 Å². The molecule has 158 valence electrons. The summed E-state index contributed by atoms with van der Waals surface area (Å²) in [6, 6.07) is 5.96. The molecule has 0 radical (unpaired) electrons. The predicted molar refractivity (Wildman–Crippen MR) is 112 cm³/mol. The first-order valence-corrected chi connectivity index (χ1v) is 10.4. The van der Waals surface area contributed by atoms with E-state index in [1.54, 1.807) is 29.2 Å². The van der Waals surface area contributed by atoms with Crippen molar-refractivity contribution in [2.45, 2.75) is 19.4 Å². The van der Waals surface area contributed by atoms with Crippen LogP contribution < -0.4 is 10.6 Å². The largest absolute Gasteiger partial charge is 0.353 e. The van der Waals surface area contributed by atoms with Crippen LogP contribution in [-0.4, -0.2) is 90.8 Å². The van der Waals surface area contributed by atoms with Crippen molar-refractivity contribution in [3.05, 3.63) is 29.3 Å². The minimum absolute atomic E-state index is 0.0796. The molecule has 0 bridgehead atoms. The van der Waals surface area contributed by atoms with E-state index in [0.717, 1.165) is 32.7 Å². The van der Waals surface area contributed by atoms with Crippen LogP contribution in [-0.2, 0) is 14.4 Å². The minimum Gasteiger partial charge on any atom is -0.353 e. The number of rotatable bonds is 6. The number of likely N-dealkylation sites (N-methyl/N-ethyl adjacent to an activating group) is 1. The molecule has 0 saturated carbocycles. The number of anilines is 1. The van der Waals surface area contributed by atoms with E-state index in [1.165, 1.54) is 0 Å². The van der Waals surface area contributed by atoms with E-state index in [4.69, 9.17) is 11.6 Å². The molecule has 1 aromatic rings. The van der Waals surface area contributed by atoms with E-state index in [-0.39, 0.29) is 30.7 Å². The SMILES string of the molecule is CCN1CCN(CC(=O)N2CCNC(=O)[C@@H]2CC(=O)Nc2ccc(Cl)cc2)CC1. The van der Waals surface area contributed by atoms with Crippen LogP contribution in [0.3, 0.4) is 0 Å².